The average molecular weight is 461 g/mol. The molecule has 0 aromatic heterocycles. The number of methoxy groups -OCH3 is 1. The molecule has 1 atom stereocenters. The minimum Gasteiger partial charge on any atom is -0.497 e. The second kappa shape index (κ2) is 9.72. The van der Waals surface area contributed by atoms with Gasteiger partial charge in [-0.25, -0.2) is 8.42 Å². The van der Waals surface area contributed by atoms with Gasteiger partial charge in [0.1, 0.15) is 11.5 Å². The first-order valence-electron chi connectivity index (χ1n) is 9.27. The molecule has 0 bridgehead atoms. The summed E-state index contributed by atoms with van der Waals surface area (Å²) in [6, 6.07) is 19.0. The number of amides is 1. The van der Waals surface area contributed by atoms with Crippen molar-refractivity contribution in [1.82, 2.24) is 0 Å². The summed E-state index contributed by atoms with van der Waals surface area (Å²) in [7, 11) is -2.21. The highest BCUT2D eigenvalue weighted by Gasteiger charge is 2.17. The molecule has 0 saturated heterocycles. The molecule has 1 amide bonds. The maximum atomic E-state index is 12.5. The first-order chi connectivity index (χ1) is 14.8. The molecule has 0 unspecified atom stereocenters. The Labute approximate surface area is 186 Å². The van der Waals surface area contributed by atoms with E-state index >= 15 is 0 Å². The molecule has 7 nitrogen and oxygen atoms in total. The van der Waals surface area contributed by atoms with E-state index in [1.165, 1.54) is 24.3 Å². The second-order valence-electron chi connectivity index (χ2n) is 6.56. The Morgan fingerprint density at radius 2 is 1.42 bits per heavy atom. The van der Waals surface area contributed by atoms with Crippen LogP contribution < -0.4 is 19.5 Å². The van der Waals surface area contributed by atoms with E-state index in [9.17, 15) is 13.2 Å². The lowest BCUT2D eigenvalue weighted by Crippen LogP contribution is -2.30. The van der Waals surface area contributed by atoms with Crippen LogP contribution in [-0.4, -0.2) is 27.5 Å². The van der Waals surface area contributed by atoms with Gasteiger partial charge in [0.15, 0.2) is 6.10 Å². The van der Waals surface area contributed by atoms with E-state index in [2.05, 4.69) is 10.0 Å². The van der Waals surface area contributed by atoms with Crippen LogP contribution in [0.5, 0.6) is 11.5 Å². The molecular weight excluding hydrogens is 440 g/mol. The second-order valence-corrected chi connectivity index (χ2v) is 8.68. The molecule has 3 aromatic rings. The summed E-state index contributed by atoms with van der Waals surface area (Å²) in [6.07, 6.45) is -0.761. The normalized spacial score (nSPS) is 12.0. The van der Waals surface area contributed by atoms with Crippen molar-refractivity contribution in [2.75, 3.05) is 17.1 Å². The standard InChI is InChI=1S/C22H21ClN2O5S/c1-15(30-20-11-9-19(29-2)10-12-20)22(26)24-17-7-13-21(14-8-17)31(27,28)25-18-5-3-16(23)4-6-18/h3-15,25H,1-2H3,(H,24,26)/t15-/m0/s1. The third-order valence-corrected chi connectivity index (χ3v) is 5.92. The van der Waals surface area contributed by atoms with Crippen LogP contribution in [0, 0.1) is 0 Å². The van der Waals surface area contributed by atoms with Gasteiger partial charge in [-0.3, -0.25) is 9.52 Å². The van der Waals surface area contributed by atoms with Gasteiger partial charge in [-0.05, 0) is 79.7 Å². The first-order valence-corrected chi connectivity index (χ1v) is 11.1. The molecule has 2 N–H and O–H groups in total. The molecule has 9 heteroatoms. The zero-order valence-corrected chi connectivity index (χ0v) is 18.4. The fourth-order valence-corrected chi connectivity index (χ4v) is 3.79. The minimum atomic E-state index is -3.77. The number of carbonyl (C=O) groups excluding carboxylic acids is 1. The molecule has 3 rings (SSSR count). The average Bonchev–Trinajstić information content (AvgIpc) is 2.76. The molecule has 0 heterocycles. The summed E-state index contributed by atoms with van der Waals surface area (Å²) in [4.78, 5) is 12.4. The predicted molar refractivity (Wildman–Crippen MR) is 120 cm³/mol. The Morgan fingerprint density at radius 3 is 2.00 bits per heavy atom. The highest BCUT2D eigenvalue weighted by Crippen LogP contribution is 2.21. The maximum Gasteiger partial charge on any atom is 0.265 e. The number of anilines is 2. The van der Waals surface area contributed by atoms with Crippen LogP contribution in [0.1, 0.15) is 6.92 Å². The van der Waals surface area contributed by atoms with Crippen molar-refractivity contribution in [3.63, 3.8) is 0 Å². The summed E-state index contributed by atoms with van der Waals surface area (Å²) in [5.74, 6) is 0.842. The Balaban J connectivity index is 1.61. The van der Waals surface area contributed by atoms with Crippen molar-refractivity contribution in [3.8, 4) is 11.5 Å². The van der Waals surface area contributed by atoms with E-state index in [1.807, 2.05) is 0 Å². The van der Waals surface area contributed by atoms with E-state index < -0.39 is 16.1 Å². The summed E-state index contributed by atoms with van der Waals surface area (Å²) in [5, 5.41) is 3.21. The number of hydrogen-bond donors (Lipinski definition) is 2. The van der Waals surface area contributed by atoms with Crippen molar-refractivity contribution >= 4 is 38.9 Å². The SMILES string of the molecule is COc1ccc(O[C@@H](C)C(=O)Nc2ccc(S(=O)(=O)Nc3ccc(Cl)cc3)cc2)cc1. The molecule has 0 aliphatic rings. The summed E-state index contributed by atoms with van der Waals surface area (Å²) in [5.41, 5.74) is 0.840. The van der Waals surface area contributed by atoms with Crippen LogP contribution >= 0.6 is 11.6 Å². The third kappa shape index (κ3) is 6.13. The lowest BCUT2D eigenvalue weighted by atomic mass is 10.3. The molecule has 0 radical (unpaired) electrons. The van der Waals surface area contributed by atoms with Crippen LogP contribution in [0.15, 0.2) is 77.7 Å². The van der Waals surface area contributed by atoms with E-state index in [0.717, 1.165) is 0 Å². The Bertz CT molecular complexity index is 1130. The predicted octanol–water partition coefficient (Wildman–Crippen LogP) is 4.56. The van der Waals surface area contributed by atoms with Crippen molar-refractivity contribution in [1.29, 1.82) is 0 Å². The summed E-state index contributed by atoms with van der Waals surface area (Å²) >= 11 is 5.81. The number of carbonyl (C=O) groups is 1. The number of sulfonamides is 1. The van der Waals surface area contributed by atoms with Gasteiger partial charge in [0.2, 0.25) is 0 Å². The lowest BCUT2D eigenvalue weighted by Gasteiger charge is -2.15. The topological polar surface area (TPSA) is 93.7 Å². The number of halogens is 1. The molecule has 0 fully saturated rings. The van der Waals surface area contributed by atoms with Gasteiger partial charge in [0.05, 0.1) is 12.0 Å². The van der Waals surface area contributed by atoms with Gasteiger partial charge in [0.25, 0.3) is 15.9 Å². The maximum absolute atomic E-state index is 12.5. The van der Waals surface area contributed by atoms with Crippen LogP contribution in [0.2, 0.25) is 5.02 Å². The number of rotatable bonds is 8. The van der Waals surface area contributed by atoms with Gasteiger partial charge in [-0.2, -0.15) is 0 Å². The molecule has 0 aliphatic heterocycles. The fourth-order valence-electron chi connectivity index (χ4n) is 2.61. The molecule has 0 saturated carbocycles. The highest BCUT2D eigenvalue weighted by molar-refractivity contribution is 7.92. The number of benzene rings is 3. The quantitative estimate of drug-likeness (QED) is 0.514. The Morgan fingerprint density at radius 1 is 0.871 bits per heavy atom. The number of hydrogen-bond acceptors (Lipinski definition) is 5. The van der Waals surface area contributed by atoms with E-state index in [1.54, 1.807) is 62.6 Å². The highest BCUT2D eigenvalue weighted by atomic mass is 35.5. The van der Waals surface area contributed by atoms with Crippen molar-refractivity contribution in [2.45, 2.75) is 17.9 Å². The molecule has 3 aromatic carbocycles. The molecule has 31 heavy (non-hydrogen) atoms. The van der Waals surface area contributed by atoms with Crippen molar-refractivity contribution in [3.05, 3.63) is 77.8 Å². The van der Waals surface area contributed by atoms with Crippen LogP contribution in [0.3, 0.4) is 0 Å². The molecule has 162 valence electrons. The molecular formula is C22H21ClN2O5S. The smallest absolute Gasteiger partial charge is 0.265 e. The van der Waals surface area contributed by atoms with E-state index in [-0.39, 0.29) is 10.8 Å². The monoisotopic (exact) mass is 460 g/mol. The Kier molecular flexibility index (Phi) is 7.04. The lowest BCUT2D eigenvalue weighted by molar-refractivity contribution is -0.122. The summed E-state index contributed by atoms with van der Waals surface area (Å²) in [6.45, 7) is 1.62. The van der Waals surface area contributed by atoms with Gasteiger partial charge >= 0.3 is 0 Å². The zero-order chi connectivity index (χ0) is 22.4. The third-order valence-electron chi connectivity index (χ3n) is 4.27. The van der Waals surface area contributed by atoms with Crippen LogP contribution in [0.4, 0.5) is 11.4 Å². The number of nitrogens with one attached hydrogen (secondary N) is 2. The minimum absolute atomic E-state index is 0.0583. The summed E-state index contributed by atoms with van der Waals surface area (Å²) < 4.78 is 38.2. The van der Waals surface area contributed by atoms with Gasteiger partial charge in [0, 0.05) is 16.4 Å². The van der Waals surface area contributed by atoms with Gasteiger partial charge in [-0.15, -0.1) is 0 Å². The van der Waals surface area contributed by atoms with Crippen LogP contribution in [0.25, 0.3) is 0 Å². The fraction of sp³-hybridized carbons (Fsp3) is 0.136. The van der Waals surface area contributed by atoms with E-state index in [0.29, 0.717) is 27.9 Å². The van der Waals surface area contributed by atoms with Crippen molar-refractivity contribution in [2.24, 2.45) is 0 Å². The molecule has 0 spiro atoms. The van der Waals surface area contributed by atoms with Crippen molar-refractivity contribution < 1.29 is 22.7 Å². The first kappa shape index (κ1) is 22.5. The van der Waals surface area contributed by atoms with E-state index in [4.69, 9.17) is 21.1 Å². The van der Waals surface area contributed by atoms with Crippen LogP contribution in [-0.2, 0) is 14.8 Å². The Hall–Kier alpha value is -3.23. The largest absolute Gasteiger partial charge is 0.497 e. The zero-order valence-electron chi connectivity index (χ0n) is 16.8. The number of ether oxygens (including phenoxy) is 2. The van der Waals surface area contributed by atoms with Gasteiger partial charge in [-0.1, -0.05) is 11.6 Å². The van der Waals surface area contributed by atoms with Gasteiger partial charge < -0.3 is 14.8 Å². The molecule has 0 aliphatic carbocycles.